The summed E-state index contributed by atoms with van der Waals surface area (Å²) in [7, 11) is 0. The molecular formula is C27H22N2O6. The summed E-state index contributed by atoms with van der Waals surface area (Å²) in [5.74, 6) is 3.00. The van der Waals surface area contributed by atoms with E-state index in [-0.39, 0.29) is 26.0 Å². The molecule has 3 aromatic carbocycles. The third-order valence-electron chi connectivity index (χ3n) is 6.13. The van der Waals surface area contributed by atoms with E-state index < -0.39 is 0 Å². The Balaban J connectivity index is 1.38. The van der Waals surface area contributed by atoms with Crippen LogP contribution in [0, 0.1) is 6.92 Å². The van der Waals surface area contributed by atoms with Crippen molar-refractivity contribution >= 4 is 5.91 Å². The van der Waals surface area contributed by atoms with Crippen molar-refractivity contribution < 1.29 is 28.3 Å². The SMILES string of the molecule is Cc1onc(-c2ccccc2)c1CN(Cc1cccc2c1OCO2)C(=O)c1ccc2c(c1)OCO2. The van der Waals surface area contributed by atoms with Crippen LogP contribution in [0.15, 0.2) is 71.3 Å². The fraction of sp³-hybridized carbons (Fsp3) is 0.185. The van der Waals surface area contributed by atoms with Crippen LogP contribution in [0.2, 0.25) is 0 Å². The van der Waals surface area contributed by atoms with Crippen LogP contribution in [0.5, 0.6) is 23.0 Å². The number of amides is 1. The molecule has 0 bridgehead atoms. The second-order valence-electron chi connectivity index (χ2n) is 8.31. The summed E-state index contributed by atoms with van der Waals surface area (Å²) in [5.41, 5.74) is 3.82. The maximum atomic E-state index is 13.8. The van der Waals surface area contributed by atoms with Gasteiger partial charge in [0.25, 0.3) is 5.91 Å². The van der Waals surface area contributed by atoms with Crippen molar-refractivity contribution in [2.45, 2.75) is 20.0 Å². The van der Waals surface area contributed by atoms with Crippen molar-refractivity contribution in [2.75, 3.05) is 13.6 Å². The molecule has 0 saturated heterocycles. The highest BCUT2D eigenvalue weighted by atomic mass is 16.7. The van der Waals surface area contributed by atoms with Gasteiger partial charge in [-0.3, -0.25) is 4.79 Å². The molecule has 0 fully saturated rings. The lowest BCUT2D eigenvalue weighted by Crippen LogP contribution is -2.30. The van der Waals surface area contributed by atoms with Crippen molar-refractivity contribution in [1.82, 2.24) is 10.1 Å². The summed E-state index contributed by atoms with van der Waals surface area (Å²) in [6, 6.07) is 20.7. The number of benzene rings is 3. The van der Waals surface area contributed by atoms with Gasteiger partial charge in [-0.25, -0.2) is 0 Å². The molecule has 0 radical (unpaired) electrons. The van der Waals surface area contributed by atoms with Crippen LogP contribution in [0.3, 0.4) is 0 Å². The van der Waals surface area contributed by atoms with Gasteiger partial charge in [0.2, 0.25) is 13.6 Å². The molecule has 2 aliphatic rings. The fourth-order valence-corrected chi connectivity index (χ4v) is 4.32. The molecule has 2 aliphatic heterocycles. The number of aryl methyl sites for hydroxylation is 1. The molecule has 0 unspecified atom stereocenters. The first kappa shape index (κ1) is 21.1. The van der Waals surface area contributed by atoms with E-state index in [9.17, 15) is 4.79 Å². The number of fused-ring (bicyclic) bond motifs is 2. The molecule has 4 aromatic rings. The fourth-order valence-electron chi connectivity index (χ4n) is 4.32. The Labute approximate surface area is 201 Å². The van der Waals surface area contributed by atoms with Gasteiger partial charge < -0.3 is 28.4 Å². The molecule has 6 rings (SSSR count). The highest BCUT2D eigenvalue weighted by Gasteiger charge is 2.27. The minimum absolute atomic E-state index is 0.143. The van der Waals surface area contributed by atoms with E-state index in [4.69, 9.17) is 23.5 Å². The second-order valence-corrected chi connectivity index (χ2v) is 8.31. The summed E-state index contributed by atoms with van der Waals surface area (Å²) in [4.78, 5) is 15.6. The predicted molar refractivity (Wildman–Crippen MR) is 125 cm³/mol. The number of para-hydroxylation sites is 1. The van der Waals surface area contributed by atoms with Crippen molar-refractivity contribution in [1.29, 1.82) is 0 Å². The molecular weight excluding hydrogens is 448 g/mol. The Morgan fingerprint density at radius 1 is 0.857 bits per heavy atom. The molecule has 0 atom stereocenters. The van der Waals surface area contributed by atoms with Crippen LogP contribution in [0.25, 0.3) is 11.3 Å². The number of carbonyl (C=O) groups is 1. The van der Waals surface area contributed by atoms with Crippen molar-refractivity contribution in [2.24, 2.45) is 0 Å². The van der Waals surface area contributed by atoms with Gasteiger partial charge in [-0.05, 0) is 31.2 Å². The van der Waals surface area contributed by atoms with Gasteiger partial charge in [-0.15, -0.1) is 0 Å². The molecule has 35 heavy (non-hydrogen) atoms. The third-order valence-corrected chi connectivity index (χ3v) is 6.13. The lowest BCUT2D eigenvalue weighted by atomic mass is 10.0. The number of carbonyl (C=O) groups excluding carboxylic acids is 1. The molecule has 3 heterocycles. The first-order valence-electron chi connectivity index (χ1n) is 11.2. The average molecular weight is 470 g/mol. The Morgan fingerprint density at radius 3 is 2.54 bits per heavy atom. The second kappa shape index (κ2) is 8.72. The zero-order chi connectivity index (χ0) is 23.8. The zero-order valence-electron chi connectivity index (χ0n) is 19.0. The van der Waals surface area contributed by atoms with E-state index in [1.54, 1.807) is 23.1 Å². The lowest BCUT2D eigenvalue weighted by Gasteiger charge is -2.24. The van der Waals surface area contributed by atoms with Gasteiger partial charge in [-0.2, -0.15) is 0 Å². The Bertz CT molecular complexity index is 1400. The van der Waals surface area contributed by atoms with Crippen LogP contribution in [0.1, 0.15) is 27.2 Å². The number of hydrogen-bond acceptors (Lipinski definition) is 7. The van der Waals surface area contributed by atoms with Crippen LogP contribution in [0.4, 0.5) is 0 Å². The highest BCUT2D eigenvalue weighted by molar-refractivity contribution is 5.95. The molecule has 0 aliphatic carbocycles. The number of rotatable bonds is 6. The summed E-state index contributed by atoms with van der Waals surface area (Å²) in [6.45, 7) is 2.75. The Morgan fingerprint density at radius 2 is 1.66 bits per heavy atom. The molecule has 176 valence electrons. The normalized spacial score (nSPS) is 13.2. The first-order chi connectivity index (χ1) is 17.2. The Hall–Kier alpha value is -4.46. The lowest BCUT2D eigenvalue weighted by molar-refractivity contribution is 0.0727. The average Bonchev–Trinajstić information content (AvgIpc) is 3.64. The van der Waals surface area contributed by atoms with Crippen LogP contribution < -0.4 is 18.9 Å². The summed E-state index contributed by atoms with van der Waals surface area (Å²) >= 11 is 0. The maximum Gasteiger partial charge on any atom is 0.254 e. The van der Waals surface area contributed by atoms with Crippen molar-refractivity contribution in [3.8, 4) is 34.3 Å². The van der Waals surface area contributed by atoms with Gasteiger partial charge in [0, 0.05) is 22.3 Å². The van der Waals surface area contributed by atoms with E-state index in [1.165, 1.54) is 0 Å². The quantitative estimate of drug-likeness (QED) is 0.394. The van der Waals surface area contributed by atoms with E-state index in [1.807, 2.05) is 55.5 Å². The molecule has 0 N–H and O–H groups in total. The van der Waals surface area contributed by atoms with Gasteiger partial charge in [0.15, 0.2) is 23.0 Å². The van der Waals surface area contributed by atoms with Crippen molar-refractivity contribution in [3.05, 3.63) is 89.2 Å². The van der Waals surface area contributed by atoms with Gasteiger partial charge >= 0.3 is 0 Å². The molecule has 1 aromatic heterocycles. The van der Waals surface area contributed by atoms with Gasteiger partial charge in [0.05, 0.1) is 13.1 Å². The number of aromatic nitrogens is 1. The van der Waals surface area contributed by atoms with E-state index in [2.05, 4.69) is 5.16 Å². The zero-order valence-corrected chi connectivity index (χ0v) is 19.0. The summed E-state index contributed by atoms with van der Waals surface area (Å²) in [5, 5.41) is 4.29. The van der Waals surface area contributed by atoms with Crippen molar-refractivity contribution in [3.63, 3.8) is 0 Å². The first-order valence-corrected chi connectivity index (χ1v) is 11.2. The van der Waals surface area contributed by atoms with Crippen LogP contribution in [-0.2, 0) is 13.1 Å². The van der Waals surface area contributed by atoms with Gasteiger partial charge in [-0.1, -0.05) is 47.6 Å². The molecule has 8 heteroatoms. The number of nitrogens with zero attached hydrogens (tertiary/aromatic N) is 2. The smallest absolute Gasteiger partial charge is 0.254 e. The summed E-state index contributed by atoms with van der Waals surface area (Å²) < 4.78 is 27.7. The molecule has 0 saturated carbocycles. The maximum absolute atomic E-state index is 13.8. The third kappa shape index (κ3) is 3.93. The van der Waals surface area contributed by atoms with Gasteiger partial charge in [0.1, 0.15) is 11.5 Å². The predicted octanol–water partition coefficient (Wildman–Crippen LogP) is 4.95. The van der Waals surface area contributed by atoms with E-state index >= 15 is 0 Å². The largest absolute Gasteiger partial charge is 0.454 e. The minimum Gasteiger partial charge on any atom is -0.454 e. The number of ether oxygens (including phenoxy) is 4. The topological polar surface area (TPSA) is 83.3 Å². The monoisotopic (exact) mass is 470 g/mol. The minimum atomic E-state index is -0.167. The Kier molecular flexibility index (Phi) is 5.25. The number of hydrogen-bond donors (Lipinski definition) is 0. The highest BCUT2D eigenvalue weighted by Crippen LogP contribution is 2.37. The van der Waals surface area contributed by atoms with Crippen LogP contribution >= 0.6 is 0 Å². The van der Waals surface area contributed by atoms with Crippen LogP contribution in [-0.4, -0.2) is 29.5 Å². The van der Waals surface area contributed by atoms with E-state index in [0.29, 0.717) is 46.6 Å². The standard InChI is InChI=1S/C27H22N2O6/c1-17-21(25(28-35-17)18-6-3-2-4-7-18)14-29(13-20-8-5-9-23-26(20)34-16-32-23)27(30)19-10-11-22-24(12-19)33-15-31-22/h2-12H,13-16H2,1H3. The molecule has 0 spiro atoms. The molecule has 8 nitrogen and oxygen atoms in total. The molecule has 1 amide bonds. The van der Waals surface area contributed by atoms with E-state index in [0.717, 1.165) is 16.7 Å². The summed E-state index contributed by atoms with van der Waals surface area (Å²) in [6.07, 6.45) is 0.